The van der Waals surface area contributed by atoms with Gasteiger partial charge in [0.25, 0.3) is 0 Å². The maximum Gasteiger partial charge on any atom is 0.249 e. The van der Waals surface area contributed by atoms with Gasteiger partial charge < -0.3 is 10.1 Å². The smallest absolute Gasteiger partial charge is 0.249 e. The number of aromatic nitrogens is 2. The largest absolute Gasteiger partial charge is 0.366 e. The van der Waals surface area contributed by atoms with Gasteiger partial charge in [0.2, 0.25) is 5.91 Å². The van der Waals surface area contributed by atoms with Crippen molar-refractivity contribution in [1.82, 2.24) is 14.9 Å². The van der Waals surface area contributed by atoms with E-state index in [0.717, 1.165) is 10.6 Å². The quantitative estimate of drug-likeness (QED) is 0.860. The molecule has 5 nitrogen and oxygen atoms in total. The van der Waals surface area contributed by atoms with E-state index in [1.807, 2.05) is 13.8 Å². The molecule has 0 bridgehead atoms. The van der Waals surface area contributed by atoms with E-state index in [-0.39, 0.29) is 12.0 Å². The zero-order valence-corrected chi connectivity index (χ0v) is 12.4. The lowest BCUT2D eigenvalue weighted by atomic mass is 10.1. The highest BCUT2D eigenvalue weighted by atomic mass is 32.1. The van der Waals surface area contributed by atoms with Crippen molar-refractivity contribution >= 4 is 17.4 Å². The molecule has 18 heavy (non-hydrogen) atoms. The summed E-state index contributed by atoms with van der Waals surface area (Å²) in [5, 5.41) is 6.92. The Bertz CT molecular complexity index is 390. The first-order valence-corrected chi connectivity index (χ1v) is 6.93. The molecule has 0 aromatic carbocycles. The highest BCUT2D eigenvalue weighted by molar-refractivity contribution is 7.05. The molecule has 1 unspecified atom stereocenters. The summed E-state index contributed by atoms with van der Waals surface area (Å²) >= 11 is 1.33. The molecule has 1 rings (SSSR count). The topological polar surface area (TPSA) is 64.1 Å². The normalized spacial score (nSPS) is 13.1. The third kappa shape index (κ3) is 4.34. The SMILES string of the molecule is CC(C)OC(C)C(=O)NCc1snnc1C(C)C. The number of ether oxygens (including phenoxy) is 1. The molecule has 0 radical (unpaired) electrons. The van der Waals surface area contributed by atoms with Crippen LogP contribution in [0.25, 0.3) is 0 Å². The predicted octanol–water partition coefficient (Wildman–Crippen LogP) is 2.09. The molecular formula is C12H21N3O2S. The van der Waals surface area contributed by atoms with Gasteiger partial charge in [0.1, 0.15) is 6.10 Å². The molecule has 1 heterocycles. The third-order valence-corrected chi connectivity index (χ3v) is 3.14. The average molecular weight is 271 g/mol. The van der Waals surface area contributed by atoms with Crippen molar-refractivity contribution in [2.75, 3.05) is 0 Å². The number of nitrogens with zero attached hydrogens (tertiary/aromatic N) is 2. The zero-order chi connectivity index (χ0) is 13.7. The van der Waals surface area contributed by atoms with E-state index in [9.17, 15) is 4.79 Å². The lowest BCUT2D eigenvalue weighted by molar-refractivity contribution is -0.134. The molecule has 1 aromatic heterocycles. The Morgan fingerprint density at radius 2 is 2.00 bits per heavy atom. The second-order valence-corrected chi connectivity index (χ2v) is 5.62. The lowest BCUT2D eigenvalue weighted by Gasteiger charge is -2.15. The molecule has 102 valence electrons. The Morgan fingerprint density at radius 1 is 1.33 bits per heavy atom. The molecule has 1 N–H and O–H groups in total. The van der Waals surface area contributed by atoms with E-state index < -0.39 is 6.10 Å². The van der Waals surface area contributed by atoms with Crippen LogP contribution >= 0.6 is 11.5 Å². The second-order valence-electron chi connectivity index (χ2n) is 4.78. The van der Waals surface area contributed by atoms with Crippen LogP contribution in [0.15, 0.2) is 0 Å². The Kier molecular flexibility index (Phi) is 5.68. The maximum absolute atomic E-state index is 11.8. The first kappa shape index (κ1) is 15.0. The van der Waals surface area contributed by atoms with Crippen LogP contribution < -0.4 is 5.32 Å². The van der Waals surface area contributed by atoms with Gasteiger partial charge in [-0.1, -0.05) is 18.3 Å². The molecule has 0 saturated heterocycles. The van der Waals surface area contributed by atoms with Crippen LogP contribution in [0.4, 0.5) is 0 Å². The van der Waals surface area contributed by atoms with Crippen LogP contribution in [-0.2, 0) is 16.1 Å². The Hall–Kier alpha value is -1.01. The summed E-state index contributed by atoms with van der Waals surface area (Å²) in [7, 11) is 0. The molecule has 1 aromatic rings. The first-order chi connectivity index (χ1) is 8.41. The fraction of sp³-hybridized carbons (Fsp3) is 0.750. The number of rotatable bonds is 6. The van der Waals surface area contributed by atoms with E-state index in [1.165, 1.54) is 11.5 Å². The molecule has 6 heteroatoms. The molecular weight excluding hydrogens is 250 g/mol. The number of hydrogen-bond donors (Lipinski definition) is 1. The number of nitrogens with one attached hydrogen (secondary N) is 1. The van der Waals surface area contributed by atoms with Gasteiger partial charge in [-0.25, -0.2) is 0 Å². The van der Waals surface area contributed by atoms with Gasteiger partial charge in [0, 0.05) is 0 Å². The standard InChI is InChI=1S/C12H21N3O2S/c1-7(2)11-10(18-15-14-11)6-13-12(16)9(5)17-8(3)4/h7-9H,6H2,1-5H3,(H,13,16). The average Bonchev–Trinajstić information content (AvgIpc) is 2.72. The summed E-state index contributed by atoms with van der Waals surface area (Å²) in [6.45, 7) is 10.2. The van der Waals surface area contributed by atoms with Crippen LogP contribution in [0.2, 0.25) is 0 Å². The number of carbonyl (C=O) groups is 1. The van der Waals surface area contributed by atoms with Crippen LogP contribution in [0.3, 0.4) is 0 Å². The number of carbonyl (C=O) groups excluding carboxylic acids is 1. The molecule has 0 fully saturated rings. The molecule has 0 saturated carbocycles. The van der Waals surface area contributed by atoms with Gasteiger partial charge >= 0.3 is 0 Å². The van der Waals surface area contributed by atoms with Crippen LogP contribution in [0, 0.1) is 0 Å². The maximum atomic E-state index is 11.8. The summed E-state index contributed by atoms with van der Waals surface area (Å²) < 4.78 is 9.34. The van der Waals surface area contributed by atoms with Gasteiger partial charge in [0.15, 0.2) is 0 Å². The van der Waals surface area contributed by atoms with E-state index in [4.69, 9.17) is 4.74 Å². The van der Waals surface area contributed by atoms with Crippen molar-refractivity contribution in [3.05, 3.63) is 10.6 Å². The lowest BCUT2D eigenvalue weighted by Crippen LogP contribution is -2.35. The van der Waals surface area contributed by atoms with Gasteiger partial charge in [-0.2, -0.15) is 0 Å². The van der Waals surface area contributed by atoms with E-state index in [0.29, 0.717) is 12.5 Å². The van der Waals surface area contributed by atoms with Crippen LogP contribution in [-0.4, -0.2) is 27.7 Å². The zero-order valence-electron chi connectivity index (χ0n) is 11.6. The van der Waals surface area contributed by atoms with Gasteiger partial charge in [-0.15, -0.1) is 5.10 Å². The van der Waals surface area contributed by atoms with Gasteiger partial charge in [0.05, 0.1) is 23.2 Å². The minimum atomic E-state index is -0.437. The molecule has 0 aliphatic carbocycles. The molecule has 1 amide bonds. The minimum Gasteiger partial charge on any atom is -0.366 e. The highest BCUT2D eigenvalue weighted by Crippen LogP contribution is 2.19. The Labute approximate surface area is 112 Å². The van der Waals surface area contributed by atoms with Crippen molar-refractivity contribution < 1.29 is 9.53 Å². The molecule has 0 aliphatic heterocycles. The van der Waals surface area contributed by atoms with E-state index in [2.05, 4.69) is 28.8 Å². The summed E-state index contributed by atoms with van der Waals surface area (Å²) in [5.74, 6) is 0.215. The van der Waals surface area contributed by atoms with Crippen molar-refractivity contribution in [2.45, 2.75) is 59.3 Å². The summed E-state index contributed by atoms with van der Waals surface area (Å²) in [4.78, 5) is 12.8. The monoisotopic (exact) mass is 271 g/mol. The molecule has 1 atom stereocenters. The van der Waals surface area contributed by atoms with Crippen molar-refractivity contribution in [1.29, 1.82) is 0 Å². The summed E-state index contributed by atoms with van der Waals surface area (Å²) in [6, 6.07) is 0. The number of amides is 1. The fourth-order valence-electron chi connectivity index (χ4n) is 1.56. The van der Waals surface area contributed by atoms with E-state index in [1.54, 1.807) is 6.92 Å². The predicted molar refractivity (Wildman–Crippen MR) is 71.5 cm³/mol. The van der Waals surface area contributed by atoms with Crippen LogP contribution in [0.1, 0.15) is 51.1 Å². The van der Waals surface area contributed by atoms with E-state index >= 15 is 0 Å². The van der Waals surface area contributed by atoms with Crippen LogP contribution in [0.5, 0.6) is 0 Å². The summed E-state index contributed by atoms with van der Waals surface area (Å²) in [5.41, 5.74) is 0.956. The highest BCUT2D eigenvalue weighted by Gasteiger charge is 2.17. The number of hydrogen-bond acceptors (Lipinski definition) is 5. The van der Waals surface area contributed by atoms with Crippen molar-refractivity contribution in [3.8, 4) is 0 Å². The molecule has 0 aliphatic rings. The fourth-order valence-corrected chi connectivity index (χ4v) is 2.29. The van der Waals surface area contributed by atoms with Gasteiger partial charge in [-0.3, -0.25) is 4.79 Å². The second kappa shape index (κ2) is 6.80. The summed E-state index contributed by atoms with van der Waals surface area (Å²) in [6.07, 6.45) is -0.393. The van der Waals surface area contributed by atoms with Crippen molar-refractivity contribution in [3.63, 3.8) is 0 Å². The first-order valence-electron chi connectivity index (χ1n) is 6.16. The Morgan fingerprint density at radius 3 is 2.56 bits per heavy atom. The minimum absolute atomic E-state index is 0.0436. The van der Waals surface area contributed by atoms with Gasteiger partial charge in [-0.05, 0) is 38.2 Å². The Balaban J connectivity index is 2.49. The third-order valence-electron chi connectivity index (χ3n) is 2.40. The molecule has 0 spiro atoms. The van der Waals surface area contributed by atoms with Crippen molar-refractivity contribution in [2.24, 2.45) is 0 Å².